The van der Waals surface area contributed by atoms with Crippen molar-refractivity contribution in [1.29, 1.82) is 0 Å². The number of fused-ring (bicyclic) bond motifs is 1. The van der Waals surface area contributed by atoms with Crippen molar-refractivity contribution >= 4 is 39.9 Å². The Morgan fingerprint density at radius 2 is 2.12 bits per heavy atom. The number of ether oxygens (including phenoxy) is 2. The molecule has 0 spiro atoms. The second-order valence-corrected chi connectivity index (χ2v) is 8.27. The lowest BCUT2D eigenvalue weighted by Gasteiger charge is -2.40. The maximum atomic E-state index is 13.1. The van der Waals surface area contributed by atoms with Crippen LogP contribution in [0.2, 0.25) is 0 Å². The van der Waals surface area contributed by atoms with Crippen LogP contribution in [-0.4, -0.2) is 71.0 Å². The highest BCUT2D eigenvalue weighted by molar-refractivity contribution is 7.12. The van der Waals surface area contributed by atoms with Crippen LogP contribution >= 0.6 is 11.3 Å². The van der Waals surface area contributed by atoms with E-state index in [9.17, 15) is 14.0 Å². The summed E-state index contributed by atoms with van der Waals surface area (Å²) in [5.41, 5.74) is 7.47. The number of carbonyl (C=O) groups excluding carboxylic acids is 2. The van der Waals surface area contributed by atoms with Gasteiger partial charge >= 0.3 is 0 Å². The molecule has 32 heavy (non-hydrogen) atoms. The van der Waals surface area contributed by atoms with Crippen molar-refractivity contribution in [1.82, 2.24) is 19.8 Å². The van der Waals surface area contributed by atoms with Crippen LogP contribution in [-0.2, 0) is 20.9 Å². The third-order valence-corrected chi connectivity index (χ3v) is 6.01. The smallest absolute Gasteiger partial charge is 0.261 e. The number of amides is 2. The van der Waals surface area contributed by atoms with Crippen LogP contribution in [0, 0.1) is 5.13 Å². The molecule has 2 amide bonds. The highest BCUT2D eigenvalue weighted by Crippen LogP contribution is 2.24. The zero-order valence-electron chi connectivity index (χ0n) is 17.4. The van der Waals surface area contributed by atoms with E-state index in [2.05, 4.69) is 9.97 Å². The molecule has 4 rings (SSSR count). The lowest BCUT2D eigenvalue weighted by Crippen LogP contribution is -2.60. The molecule has 1 saturated heterocycles. The van der Waals surface area contributed by atoms with Crippen molar-refractivity contribution in [2.45, 2.75) is 12.6 Å². The van der Waals surface area contributed by atoms with Gasteiger partial charge in [-0.3, -0.25) is 9.59 Å². The number of aromatic nitrogens is 2. The quantitative estimate of drug-likeness (QED) is 0.572. The molecule has 168 valence electrons. The Balaban J connectivity index is 1.44. The van der Waals surface area contributed by atoms with Crippen molar-refractivity contribution in [3.05, 3.63) is 47.4 Å². The van der Waals surface area contributed by atoms with E-state index in [0.717, 1.165) is 22.3 Å². The fourth-order valence-electron chi connectivity index (χ4n) is 3.65. The molecule has 1 aliphatic rings. The standard InChI is InChI=1S/C21H22FN5O4S/c1-30-10-16-21(29)26(9-13-2-3-14-15(8-13)24-12-25-20(14)23)6-7-27(16)18(28)11-31-19-5-4-17(22)32-19/h2-5,8,12,16H,6-7,9-11H2,1H3,(H2,23,24,25)/t16-/m1/s1. The summed E-state index contributed by atoms with van der Waals surface area (Å²) >= 11 is 0.815. The lowest BCUT2D eigenvalue weighted by molar-refractivity contribution is -0.155. The van der Waals surface area contributed by atoms with Crippen LogP contribution in [0.25, 0.3) is 10.9 Å². The molecule has 0 radical (unpaired) electrons. The number of nitrogen functional groups attached to an aromatic ring is 1. The van der Waals surface area contributed by atoms with E-state index in [1.165, 1.54) is 30.5 Å². The molecule has 0 unspecified atom stereocenters. The number of methoxy groups -OCH3 is 1. The van der Waals surface area contributed by atoms with Crippen molar-refractivity contribution in [3.63, 3.8) is 0 Å². The van der Waals surface area contributed by atoms with Gasteiger partial charge in [0.2, 0.25) is 5.91 Å². The van der Waals surface area contributed by atoms with Crippen LogP contribution in [0.3, 0.4) is 0 Å². The third-order valence-electron chi connectivity index (χ3n) is 5.22. The summed E-state index contributed by atoms with van der Waals surface area (Å²) in [6.45, 7) is 0.854. The van der Waals surface area contributed by atoms with Gasteiger partial charge in [-0.25, -0.2) is 9.97 Å². The number of anilines is 1. The van der Waals surface area contributed by atoms with E-state index in [4.69, 9.17) is 15.2 Å². The highest BCUT2D eigenvalue weighted by atomic mass is 32.1. The molecule has 0 saturated carbocycles. The molecule has 1 aliphatic heterocycles. The Kier molecular flexibility index (Phi) is 6.47. The zero-order chi connectivity index (χ0) is 22.7. The normalized spacial score (nSPS) is 16.6. The van der Waals surface area contributed by atoms with Crippen LogP contribution in [0.4, 0.5) is 10.2 Å². The number of nitrogens with zero attached hydrogens (tertiary/aromatic N) is 4. The molecular weight excluding hydrogens is 437 g/mol. The zero-order valence-corrected chi connectivity index (χ0v) is 18.2. The van der Waals surface area contributed by atoms with Crippen LogP contribution in [0.15, 0.2) is 36.7 Å². The van der Waals surface area contributed by atoms with Gasteiger partial charge in [0.25, 0.3) is 5.91 Å². The first-order chi connectivity index (χ1) is 15.5. The number of hydrogen-bond donors (Lipinski definition) is 1. The van der Waals surface area contributed by atoms with Crippen LogP contribution in [0.5, 0.6) is 5.06 Å². The van der Waals surface area contributed by atoms with Crippen LogP contribution < -0.4 is 10.5 Å². The average Bonchev–Trinajstić information content (AvgIpc) is 3.20. The molecule has 2 aromatic heterocycles. The molecular formula is C21H22FN5O4S. The van der Waals surface area contributed by atoms with Gasteiger partial charge < -0.3 is 25.0 Å². The van der Waals surface area contributed by atoms with Gasteiger partial charge in [0.1, 0.15) is 18.2 Å². The van der Waals surface area contributed by atoms with Gasteiger partial charge in [0.05, 0.1) is 12.1 Å². The van der Waals surface area contributed by atoms with E-state index < -0.39 is 11.2 Å². The summed E-state index contributed by atoms with van der Waals surface area (Å²) in [5.74, 6) is -0.167. The van der Waals surface area contributed by atoms with E-state index in [-0.39, 0.29) is 25.0 Å². The van der Waals surface area contributed by atoms with E-state index in [1.807, 2.05) is 18.2 Å². The fraction of sp³-hybridized carbons (Fsp3) is 0.333. The van der Waals surface area contributed by atoms with Gasteiger partial charge in [0, 0.05) is 32.1 Å². The number of nitrogens with two attached hydrogens (primary N) is 1. The first kappa shape index (κ1) is 21.9. The van der Waals surface area contributed by atoms with Crippen molar-refractivity contribution in [2.75, 3.05) is 39.1 Å². The minimum absolute atomic E-state index is 0.0657. The van der Waals surface area contributed by atoms with Crippen LogP contribution in [0.1, 0.15) is 5.56 Å². The highest BCUT2D eigenvalue weighted by Gasteiger charge is 2.37. The minimum atomic E-state index is -0.761. The topological polar surface area (TPSA) is 111 Å². The van der Waals surface area contributed by atoms with Crippen molar-refractivity contribution in [2.24, 2.45) is 0 Å². The summed E-state index contributed by atoms with van der Waals surface area (Å²) in [6.07, 6.45) is 1.40. The predicted molar refractivity (Wildman–Crippen MR) is 117 cm³/mol. The number of carbonyl (C=O) groups is 2. The van der Waals surface area contributed by atoms with Crippen molar-refractivity contribution in [3.8, 4) is 5.06 Å². The monoisotopic (exact) mass is 459 g/mol. The number of hydrogen-bond acceptors (Lipinski definition) is 8. The van der Waals surface area contributed by atoms with Gasteiger partial charge in [-0.2, -0.15) is 4.39 Å². The largest absolute Gasteiger partial charge is 0.474 e. The van der Waals surface area contributed by atoms with E-state index >= 15 is 0 Å². The molecule has 1 aromatic carbocycles. The Morgan fingerprint density at radius 1 is 1.28 bits per heavy atom. The molecule has 9 nitrogen and oxygen atoms in total. The Morgan fingerprint density at radius 3 is 2.88 bits per heavy atom. The Hall–Kier alpha value is -3.31. The van der Waals surface area contributed by atoms with Gasteiger partial charge in [0.15, 0.2) is 16.8 Å². The summed E-state index contributed by atoms with van der Waals surface area (Å²) in [4.78, 5) is 37.2. The number of rotatable bonds is 7. The summed E-state index contributed by atoms with van der Waals surface area (Å²) < 4.78 is 23.7. The third kappa shape index (κ3) is 4.63. The van der Waals surface area contributed by atoms with E-state index in [0.29, 0.717) is 36.0 Å². The Labute approximate surface area is 187 Å². The fourth-order valence-corrected chi connectivity index (χ4v) is 4.23. The number of benzene rings is 1. The summed E-state index contributed by atoms with van der Waals surface area (Å²) in [7, 11) is 1.48. The second-order valence-electron chi connectivity index (χ2n) is 7.28. The average molecular weight is 460 g/mol. The molecule has 11 heteroatoms. The molecule has 1 atom stereocenters. The van der Waals surface area contributed by atoms with Crippen molar-refractivity contribution < 1.29 is 23.5 Å². The number of piperazine rings is 1. The molecule has 3 aromatic rings. The first-order valence-electron chi connectivity index (χ1n) is 9.90. The van der Waals surface area contributed by atoms with Gasteiger partial charge in [-0.1, -0.05) is 17.4 Å². The second kappa shape index (κ2) is 9.45. The first-order valence-corrected chi connectivity index (χ1v) is 10.7. The SMILES string of the molecule is COC[C@@H]1C(=O)N(Cc2ccc3c(N)ncnc3c2)CCN1C(=O)COc1ccc(F)s1. The molecule has 0 aliphatic carbocycles. The summed E-state index contributed by atoms with van der Waals surface area (Å²) in [6, 6.07) is 7.56. The molecule has 0 bridgehead atoms. The molecule has 1 fully saturated rings. The summed E-state index contributed by atoms with van der Waals surface area (Å²) in [5, 5.41) is 0.669. The number of halogens is 1. The number of thiophene rings is 1. The predicted octanol–water partition coefficient (Wildman–Crippen LogP) is 1.68. The minimum Gasteiger partial charge on any atom is -0.474 e. The van der Waals surface area contributed by atoms with Gasteiger partial charge in [-0.15, -0.1) is 0 Å². The molecule has 2 N–H and O–H groups in total. The van der Waals surface area contributed by atoms with Gasteiger partial charge in [-0.05, 0) is 29.8 Å². The molecule has 3 heterocycles. The maximum Gasteiger partial charge on any atom is 0.261 e. The lowest BCUT2D eigenvalue weighted by atomic mass is 10.1. The van der Waals surface area contributed by atoms with E-state index in [1.54, 1.807) is 4.90 Å². The Bertz CT molecular complexity index is 1140. The maximum absolute atomic E-state index is 13.1.